The van der Waals surface area contributed by atoms with Crippen molar-refractivity contribution >= 4 is 17.6 Å². The third-order valence-electron chi connectivity index (χ3n) is 2.92. The van der Waals surface area contributed by atoms with Gasteiger partial charge in [-0.15, -0.1) is 0 Å². The van der Waals surface area contributed by atoms with Gasteiger partial charge in [-0.25, -0.2) is 0 Å². The van der Waals surface area contributed by atoms with Crippen LogP contribution in [0.15, 0.2) is 0 Å². The Kier molecular flexibility index (Phi) is 3.14. The molecule has 1 N–H and O–H groups in total. The second-order valence-corrected chi connectivity index (χ2v) is 5.39. The molecule has 0 saturated carbocycles. The fraction of sp³-hybridized carbons (Fsp3) is 0.900. The number of nitrogens with one attached hydrogen (secondary N) is 1. The minimum absolute atomic E-state index is 0.818. The first-order valence-electron chi connectivity index (χ1n) is 5.30. The highest BCUT2D eigenvalue weighted by Crippen LogP contribution is 2.27. The molecular formula is C10H18N2S. The maximum absolute atomic E-state index is 7.83. The van der Waals surface area contributed by atoms with Crippen LogP contribution >= 0.6 is 11.8 Å². The van der Waals surface area contributed by atoms with E-state index in [0.29, 0.717) is 0 Å². The van der Waals surface area contributed by atoms with Gasteiger partial charge < -0.3 is 4.90 Å². The summed E-state index contributed by atoms with van der Waals surface area (Å²) in [6.45, 7) is 2.28. The molecule has 0 aromatic carbocycles. The van der Waals surface area contributed by atoms with Gasteiger partial charge in [-0.1, -0.05) is 0 Å². The number of rotatable bonds is 2. The molecule has 0 amide bonds. The summed E-state index contributed by atoms with van der Waals surface area (Å²) in [5.74, 6) is 2.23. The highest BCUT2D eigenvalue weighted by molar-refractivity contribution is 8.00. The van der Waals surface area contributed by atoms with Gasteiger partial charge in [0.15, 0.2) is 0 Å². The van der Waals surface area contributed by atoms with Gasteiger partial charge in [0.05, 0.1) is 5.84 Å². The van der Waals surface area contributed by atoms with E-state index in [1.807, 2.05) is 0 Å². The van der Waals surface area contributed by atoms with Crippen LogP contribution in [0, 0.1) is 5.41 Å². The van der Waals surface area contributed by atoms with E-state index >= 15 is 0 Å². The van der Waals surface area contributed by atoms with Crippen LogP contribution in [0.3, 0.4) is 0 Å². The van der Waals surface area contributed by atoms with Crippen molar-refractivity contribution in [3.63, 3.8) is 0 Å². The zero-order chi connectivity index (χ0) is 9.10. The summed E-state index contributed by atoms with van der Waals surface area (Å²) in [7, 11) is 0. The molecule has 2 aliphatic rings. The Bertz CT molecular complexity index is 187. The van der Waals surface area contributed by atoms with E-state index in [9.17, 15) is 0 Å². The van der Waals surface area contributed by atoms with Crippen molar-refractivity contribution < 1.29 is 0 Å². The molecule has 74 valence electrons. The number of amidine groups is 1. The van der Waals surface area contributed by atoms with Crippen LogP contribution in [0.4, 0.5) is 0 Å². The summed E-state index contributed by atoms with van der Waals surface area (Å²) in [6, 6.07) is 0. The Balaban J connectivity index is 1.81. The van der Waals surface area contributed by atoms with Crippen molar-refractivity contribution in [1.82, 2.24) is 4.90 Å². The van der Waals surface area contributed by atoms with Crippen LogP contribution in [0.25, 0.3) is 0 Å². The Morgan fingerprint density at radius 1 is 1.38 bits per heavy atom. The summed E-state index contributed by atoms with van der Waals surface area (Å²) < 4.78 is 0. The van der Waals surface area contributed by atoms with E-state index in [1.54, 1.807) is 0 Å². The lowest BCUT2D eigenvalue weighted by Gasteiger charge is -2.31. The van der Waals surface area contributed by atoms with Crippen molar-refractivity contribution in [2.24, 2.45) is 0 Å². The smallest absolute Gasteiger partial charge is 0.0958 e. The molecule has 0 aromatic rings. The summed E-state index contributed by atoms with van der Waals surface area (Å²) >= 11 is 2.10. The molecule has 2 saturated heterocycles. The van der Waals surface area contributed by atoms with Gasteiger partial charge in [-0.05, 0) is 31.4 Å². The zero-order valence-electron chi connectivity index (χ0n) is 8.09. The molecule has 0 aromatic heterocycles. The van der Waals surface area contributed by atoms with Gasteiger partial charge in [-0.2, -0.15) is 11.8 Å². The fourth-order valence-corrected chi connectivity index (χ4v) is 3.41. The van der Waals surface area contributed by atoms with Crippen LogP contribution in [0.1, 0.15) is 32.1 Å². The molecule has 1 atom stereocenters. The average Bonchev–Trinajstić information content (AvgIpc) is 2.61. The number of piperidine rings is 1. The fourth-order valence-electron chi connectivity index (χ4n) is 2.12. The predicted molar refractivity (Wildman–Crippen MR) is 58.6 cm³/mol. The lowest BCUT2D eigenvalue weighted by atomic mass is 10.1. The van der Waals surface area contributed by atoms with Crippen LogP contribution < -0.4 is 0 Å². The van der Waals surface area contributed by atoms with Crippen molar-refractivity contribution in [2.75, 3.05) is 18.8 Å². The standard InChI is InChI=1S/C10H18N2S/c11-10-5-1-2-6-12(10)8-9-4-3-7-13-9/h9,11H,1-8H2. The summed E-state index contributed by atoms with van der Waals surface area (Å²) in [4.78, 5) is 2.30. The predicted octanol–water partition coefficient (Wildman–Crippen LogP) is 2.35. The maximum atomic E-state index is 7.83. The number of likely N-dealkylation sites (tertiary alicyclic amines) is 1. The Morgan fingerprint density at radius 2 is 2.31 bits per heavy atom. The molecule has 2 aliphatic heterocycles. The first kappa shape index (κ1) is 9.38. The molecule has 1 unspecified atom stereocenters. The van der Waals surface area contributed by atoms with Gasteiger partial charge >= 0.3 is 0 Å². The van der Waals surface area contributed by atoms with Crippen molar-refractivity contribution in [2.45, 2.75) is 37.4 Å². The molecule has 3 heteroatoms. The van der Waals surface area contributed by atoms with Crippen LogP contribution in [0.5, 0.6) is 0 Å². The van der Waals surface area contributed by atoms with Gasteiger partial charge in [0.2, 0.25) is 0 Å². The monoisotopic (exact) mass is 198 g/mol. The van der Waals surface area contributed by atoms with E-state index < -0.39 is 0 Å². The average molecular weight is 198 g/mol. The molecule has 2 heterocycles. The summed E-state index contributed by atoms with van der Waals surface area (Å²) in [6.07, 6.45) is 6.29. The second-order valence-electron chi connectivity index (χ2n) is 3.98. The molecule has 0 radical (unpaired) electrons. The van der Waals surface area contributed by atoms with E-state index in [1.165, 1.54) is 31.4 Å². The number of hydrogen-bond donors (Lipinski definition) is 1. The molecule has 2 fully saturated rings. The third-order valence-corrected chi connectivity index (χ3v) is 4.30. The molecule has 0 spiro atoms. The number of hydrogen-bond acceptors (Lipinski definition) is 2. The molecule has 13 heavy (non-hydrogen) atoms. The van der Waals surface area contributed by atoms with Crippen molar-refractivity contribution in [3.8, 4) is 0 Å². The van der Waals surface area contributed by atoms with Gasteiger partial charge in [0.1, 0.15) is 0 Å². The van der Waals surface area contributed by atoms with Gasteiger partial charge in [0.25, 0.3) is 0 Å². The summed E-state index contributed by atoms with van der Waals surface area (Å²) in [5, 5.41) is 8.64. The van der Waals surface area contributed by atoms with E-state index in [-0.39, 0.29) is 0 Å². The zero-order valence-corrected chi connectivity index (χ0v) is 8.91. The first-order valence-corrected chi connectivity index (χ1v) is 6.35. The van der Waals surface area contributed by atoms with E-state index in [4.69, 9.17) is 5.41 Å². The Morgan fingerprint density at radius 3 is 3.00 bits per heavy atom. The number of nitrogens with zero attached hydrogens (tertiary/aromatic N) is 1. The van der Waals surface area contributed by atoms with E-state index in [2.05, 4.69) is 16.7 Å². The topological polar surface area (TPSA) is 27.1 Å². The number of thioether (sulfide) groups is 1. The van der Waals surface area contributed by atoms with Crippen LogP contribution in [-0.4, -0.2) is 34.8 Å². The first-order chi connectivity index (χ1) is 6.36. The van der Waals surface area contributed by atoms with Crippen molar-refractivity contribution in [3.05, 3.63) is 0 Å². The molecule has 0 aliphatic carbocycles. The maximum Gasteiger partial charge on any atom is 0.0958 e. The summed E-state index contributed by atoms with van der Waals surface area (Å²) in [5.41, 5.74) is 0. The molecule has 2 nitrogen and oxygen atoms in total. The third kappa shape index (κ3) is 2.39. The minimum Gasteiger partial charge on any atom is -0.359 e. The quantitative estimate of drug-likeness (QED) is 0.737. The minimum atomic E-state index is 0.818. The van der Waals surface area contributed by atoms with Crippen LogP contribution in [-0.2, 0) is 0 Å². The molecular weight excluding hydrogens is 180 g/mol. The van der Waals surface area contributed by atoms with E-state index in [0.717, 1.165) is 30.6 Å². The van der Waals surface area contributed by atoms with Gasteiger partial charge in [-0.3, -0.25) is 5.41 Å². The van der Waals surface area contributed by atoms with Crippen LogP contribution in [0.2, 0.25) is 0 Å². The van der Waals surface area contributed by atoms with Gasteiger partial charge in [0, 0.05) is 24.8 Å². The molecule has 2 rings (SSSR count). The Hall–Kier alpha value is -0.180. The highest BCUT2D eigenvalue weighted by Gasteiger charge is 2.22. The largest absolute Gasteiger partial charge is 0.359 e. The highest BCUT2D eigenvalue weighted by atomic mass is 32.2. The lowest BCUT2D eigenvalue weighted by Crippen LogP contribution is -2.38. The second kappa shape index (κ2) is 4.36. The van der Waals surface area contributed by atoms with Crippen molar-refractivity contribution in [1.29, 1.82) is 5.41 Å². The Labute approximate surface area is 84.6 Å². The normalized spacial score (nSPS) is 29.7. The lowest BCUT2D eigenvalue weighted by molar-refractivity contribution is 0.364. The molecule has 0 bridgehead atoms. The SMILES string of the molecule is N=C1CCCCN1CC1CCCS1.